The molecule has 0 unspecified atom stereocenters. The molecule has 0 saturated carbocycles. The van der Waals surface area contributed by atoms with E-state index >= 15 is 0 Å². The van der Waals surface area contributed by atoms with Crippen LogP contribution < -0.4 is 5.32 Å². The molecular weight excluding hydrogens is 321 g/mol. The summed E-state index contributed by atoms with van der Waals surface area (Å²) in [5.74, 6) is 0.277. The van der Waals surface area contributed by atoms with Gasteiger partial charge in [-0.3, -0.25) is 9.18 Å². The van der Waals surface area contributed by atoms with Crippen molar-refractivity contribution in [2.75, 3.05) is 38.2 Å². The molecule has 0 amide bonds. The van der Waals surface area contributed by atoms with Crippen molar-refractivity contribution in [3.63, 3.8) is 0 Å². The van der Waals surface area contributed by atoms with Crippen molar-refractivity contribution >= 4 is 11.8 Å². The van der Waals surface area contributed by atoms with E-state index in [9.17, 15) is 9.18 Å². The first-order chi connectivity index (χ1) is 12.2. The molecule has 0 spiro atoms. The Balaban J connectivity index is 1.70. The van der Waals surface area contributed by atoms with E-state index in [4.69, 9.17) is 10.1 Å². The van der Waals surface area contributed by atoms with Gasteiger partial charge in [0.2, 0.25) is 0 Å². The molecule has 2 rings (SSSR count). The quantitative estimate of drug-likeness (QED) is 0.566. The van der Waals surface area contributed by atoms with Gasteiger partial charge in [-0.15, -0.1) is 0 Å². The van der Waals surface area contributed by atoms with Crippen LogP contribution in [-0.4, -0.2) is 53.8 Å². The molecule has 0 atom stereocenters. The van der Waals surface area contributed by atoms with Gasteiger partial charge in [0.25, 0.3) is 0 Å². The lowest BCUT2D eigenvalue weighted by Gasteiger charge is -2.21. The summed E-state index contributed by atoms with van der Waals surface area (Å²) in [6.45, 7) is 3.01. The zero-order chi connectivity index (χ0) is 17.9. The van der Waals surface area contributed by atoms with Gasteiger partial charge < -0.3 is 15.3 Å². The standard InChI is InChI=1S/C19H30FN3O2/c20-11-5-15-23(14-4-8-18(24)25)13-2-1-7-17-10-9-16-6-3-12-21-19(16)22-17/h9-10H,1-8,11-15H2,(H,21,22)(H,24,25). The minimum atomic E-state index is -0.766. The van der Waals surface area contributed by atoms with E-state index in [0.717, 1.165) is 56.8 Å². The van der Waals surface area contributed by atoms with Crippen LogP contribution in [0, 0.1) is 0 Å². The second kappa shape index (κ2) is 11.0. The fourth-order valence-corrected chi connectivity index (χ4v) is 3.22. The Morgan fingerprint density at radius 3 is 2.80 bits per heavy atom. The third-order valence-corrected chi connectivity index (χ3v) is 4.58. The highest BCUT2D eigenvalue weighted by atomic mass is 19.1. The zero-order valence-electron chi connectivity index (χ0n) is 15.0. The van der Waals surface area contributed by atoms with Crippen molar-refractivity contribution in [1.29, 1.82) is 0 Å². The highest BCUT2D eigenvalue weighted by Crippen LogP contribution is 2.20. The Hall–Kier alpha value is -1.69. The van der Waals surface area contributed by atoms with E-state index in [2.05, 4.69) is 22.3 Å². The number of nitrogens with zero attached hydrogens (tertiary/aromatic N) is 2. The summed E-state index contributed by atoms with van der Waals surface area (Å²) in [6, 6.07) is 4.31. The summed E-state index contributed by atoms with van der Waals surface area (Å²) in [5, 5.41) is 12.1. The lowest BCUT2D eigenvalue weighted by Crippen LogP contribution is -2.28. The molecule has 0 radical (unpaired) electrons. The molecule has 2 N–H and O–H groups in total. The summed E-state index contributed by atoms with van der Waals surface area (Å²) in [6.07, 6.45) is 6.60. The average Bonchev–Trinajstić information content (AvgIpc) is 2.62. The number of halogens is 1. The van der Waals surface area contributed by atoms with Crippen molar-refractivity contribution in [1.82, 2.24) is 9.88 Å². The van der Waals surface area contributed by atoms with Gasteiger partial charge in [-0.05, 0) is 69.7 Å². The Morgan fingerprint density at radius 2 is 2.00 bits per heavy atom. The Kier molecular flexibility index (Phi) is 8.66. The van der Waals surface area contributed by atoms with Crippen LogP contribution >= 0.6 is 0 Å². The number of aliphatic carboxylic acids is 1. The molecule has 1 aliphatic heterocycles. The fraction of sp³-hybridized carbons (Fsp3) is 0.684. The molecule has 140 valence electrons. The van der Waals surface area contributed by atoms with E-state index in [0.29, 0.717) is 19.4 Å². The maximum Gasteiger partial charge on any atom is 0.303 e. The van der Waals surface area contributed by atoms with Gasteiger partial charge in [0.05, 0.1) is 6.67 Å². The van der Waals surface area contributed by atoms with Crippen molar-refractivity contribution in [3.05, 3.63) is 23.4 Å². The van der Waals surface area contributed by atoms with Gasteiger partial charge in [0.1, 0.15) is 5.82 Å². The highest BCUT2D eigenvalue weighted by molar-refractivity contribution is 5.66. The predicted octanol–water partition coefficient (Wildman–Crippen LogP) is 3.29. The highest BCUT2D eigenvalue weighted by Gasteiger charge is 2.10. The zero-order valence-corrected chi connectivity index (χ0v) is 15.0. The van der Waals surface area contributed by atoms with Crippen LogP contribution in [0.5, 0.6) is 0 Å². The number of hydrogen-bond acceptors (Lipinski definition) is 4. The van der Waals surface area contributed by atoms with E-state index in [1.807, 2.05) is 0 Å². The van der Waals surface area contributed by atoms with E-state index in [-0.39, 0.29) is 13.1 Å². The van der Waals surface area contributed by atoms with Crippen molar-refractivity contribution in [3.8, 4) is 0 Å². The maximum absolute atomic E-state index is 12.4. The van der Waals surface area contributed by atoms with Crippen LogP contribution in [0.1, 0.15) is 49.8 Å². The van der Waals surface area contributed by atoms with E-state index < -0.39 is 5.97 Å². The van der Waals surface area contributed by atoms with Crippen LogP contribution in [0.4, 0.5) is 10.2 Å². The minimum absolute atomic E-state index is 0.179. The number of unbranched alkanes of at least 4 members (excludes halogenated alkanes) is 1. The molecule has 2 heterocycles. The molecule has 0 aliphatic carbocycles. The molecular formula is C19H30FN3O2. The molecule has 5 nitrogen and oxygen atoms in total. The molecule has 1 aliphatic rings. The average molecular weight is 351 g/mol. The molecule has 0 fully saturated rings. The summed E-state index contributed by atoms with van der Waals surface area (Å²) < 4.78 is 12.4. The molecule has 0 saturated heterocycles. The SMILES string of the molecule is O=C(O)CCCN(CCCF)CCCCc1ccc2c(n1)NCCC2. The largest absolute Gasteiger partial charge is 0.481 e. The number of carboxylic acids is 1. The van der Waals surface area contributed by atoms with Crippen LogP contribution in [0.25, 0.3) is 0 Å². The van der Waals surface area contributed by atoms with Crippen molar-refractivity contribution in [2.45, 2.75) is 51.4 Å². The first-order valence-corrected chi connectivity index (χ1v) is 9.42. The van der Waals surface area contributed by atoms with Crippen LogP contribution in [-0.2, 0) is 17.6 Å². The van der Waals surface area contributed by atoms with Crippen LogP contribution in [0.3, 0.4) is 0 Å². The van der Waals surface area contributed by atoms with Crippen molar-refractivity contribution < 1.29 is 14.3 Å². The normalized spacial score (nSPS) is 13.5. The van der Waals surface area contributed by atoms with Gasteiger partial charge in [-0.25, -0.2) is 4.98 Å². The van der Waals surface area contributed by atoms with E-state index in [1.165, 1.54) is 12.0 Å². The molecule has 0 bridgehead atoms. The summed E-state index contributed by atoms with van der Waals surface area (Å²) in [4.78, 5) is 17.5. The summed E-state index contributed by atoms with van der Waals surface area (Å²) >= 11 is 0. The number of aryl methyl sites for hydroxylation is 2. The molecule has 1 aromatic heterocycles. The van der Waals surface area contributed by atoms with E-state index in [1.54, 1.807) is 0 Å². The van der Waals surface area contributed by atoms with Crippen LogP contribution in [0.2, 0.25) is 0 Å². The number of carbonyl (C=O) groups is 1. The number of aromatic nitrogens is 1. The third kappa shape index (κ3) is 7.38. The second-order valence-electron chi connectivity index (χ2n) is 6.68. The number of nitrogens with one attached hydrogen (secondary N) is 1. The van der Waals surface area contributed by atoms with Gasteiger partial charge in [-0.2, -0.15) is 0 Å². The smallest absolute Gasteiger partial charge is 0.303 e. The maximum atomic E-state index is 12.4. The Morgan fingerprint density at radius 1 is 1.20 bits per heavy atom. The summed E-state index contributed by atoms with van der Waals surface area (Å²) in [7, 11) is 0. The number of pyridine rings is 1. The molecule has 0 aromatic carbocycles. The Bertz CT molecular complexity index is 539. The minimum Gasteiger partial charge on any atom is -0.481 e. The number of alkyl halides is 1. The summed E-state index contributed by atoms with van der Waals surface area (Å²) in [5.41, 5.74) is 2.43. The fourth-order valence-electron chi connectivity index (χ4n) is 3.22. The predicted molar refractivity (Wildman–Crippen MR) is 97.9 cm³/mol. The lowest BCUT2D eigenvalue weighted by molar-refractivity contribution is -0.137. The van der Waals surface area contributed by atoms with Crippen molar-refractivity contribution in [2.24, 2.45) is 0 Å². The molecule has 6 heteroatoms. The van der Waals surface area contributed by atoms with Gasteiger partial charge >= 0.3 is 5.97 Å². The van der Waals surface area contributed by atoms with Gasteiger partial charge in [0, 0.05) is 25.2 Å². The Labute approximate surface area is 149 Å². The molecule has 25 heavy (non-hydrogen) atoms. The monoisotopic (exact) mass is 351 g/mol. The second-order valence-corrected chi connectivity index (χ2v) is 6.68. The number of fused-ring (bicyclic) bond motifs is 1. The number of carboxylic acid groups (broad SMARTS) is 1. The van der Waals surface area contributed by atoms with Crippen LogP contribution in [0.15, 0.2) is 12.1 Å². The molecule has 1 aromatic rings. The number of rotatable bonds is 12. The number of anilines is 1. The number of hydrogen-bond donors (Lipinski definition) is 2. The van der Waals surface area contributed by atoms with Gasteiger partial charge in [-0.1, -0.05) is 6.07 Å². The third-order valence-electron chi connectivity index (χ3n) is 4.58. The first kappa shape index (κ1) is 19.6. The first-order valence-electron chi connectivity index (χ1n) is 9.42. The van der Waals surface area contributed by atoms with Gasteiger partial charge in [0.15, 0.2) is 0 Å². The lowest BCUT2D eigenvalue weighted by atomic mass is 10.1. The topological polar surface area (TPSA) is 65.5 Å².